The van der Waals surface area contributed by atoms with E-state index in [1.807, 2.05) is 0 Å². The maximum atomic E-state index is 2.49. The fraction of sp³-hybridized carbons (Fsp3) is 1.00. The van der Waals surface area contributed by atoms with Crippen LogP contribution in [0.2, 0.25) is 0 Å². The highest BCUT2D eigenvalue weighted by atomic mass is 15.4. The highest BCUT2D eigenvalue weighted by molar-refractivity contribution is 4.52. The van der Waals surface area contributed by atoms with Crippen molar-refractivity contribution < 1.29 is 8.97 Å². The third-order valence-corrected chi connectivity index (χ3v) is 5.10. The van der Waals surface area contributed by atoms with Crippen LogP contribution in [0.25, 0.3) is 0 Å². The Hall–Kier alpha value is -0.0800. The lowest BCUT2D eigenvalue weighted by molar-refractivity contribution is -0.962. The van der Waals surface area contributed by atoms with Crippen LogP contribution in [-0.2, 0) is 0 Å². The van der Waals surface area contributed by atoms with E-state index in [1.165, 1.54) is 80.3 Å². The second-order valence-corrected chi connectivity index (χ2v) is 6.53. The van der Waals surface area contributed by atoms with E-state index in [1.54, 1.807) is 0 Å². The zero-order valence-electron chi connectivity index (χ0n) is 12.7. The molecule has 0 bridgehead atoms. The van der Waals surface area contributed by atoms with Gasteiger partial charge in [0.1, 0.15) is 13.1 Å². The fourth-order valence-electron chi connectivity index (χ4n) is 2.88. The number of likely N-dealkylation sites (tertiary alicyclic amines) is 1. The third kappa shape index (κ3) is 4.97. The summed E-state index contributed by atoms with van der Waals surface area (Å²) in [4.78, 5) is 0. The van der Waals surface area contributed by atoms with Gasteiger partial charge in [0, 0.05) is 0 Å². The first kappa shape index (κ1) is 15.0. The van der Waals surface area contributed by atoms with Gasteiger partial charge in [-0.05, 0) is 39.5 Å². The molecule has 1 fully saturated rings. The van der Waals surface area contributed by atoms with Crippen molar-refractivity contribution in [3.05, 3.63) is 0 Å². The Labute approximate surface area is 109 Å². The van der Waals surface area contributed by atoms with E-state index >= 15 is 0 Å². The van der Waals surface area contributed by atoms with Crippen molar-refractivity contribution in [2.75, 3.05) is 53.4 Å². The molecule has 1 heterocycles. The molecule has 102 valence electrons. The molecule has 0 aliphatic carbocycles. The van der Waals surface area contributed by atoms with Crippen molar-refractivity contribution in [3.8, 4) is 0 Å². The number of nitrogens with zero attached hydrogens (tertiary/aromatic N) is 2. The van der Waals surface area contributed by atoms with E-state index in [0.717, 1.165) is 0 Å². The summed E-state index contributed by atoms with van der Waals surface area (Å²) in [6.45, 7) is 12.8. The monoisotopic (exact) mass is 242 g/mol. The van der Waals surface area contributed by atoms with Gasteiger partial charge in [0.05, 0.1) is 40.3 Å². The molecule has 0 N–H and O–H groups in total. The lowest BCUT2D eigenvalue weighted by Crippen LogP contribution is -2.55. The Morgan fingerprint density at radius 2 is 1.35 bits per heavy atom. The zero-order chi connectivity index (χ0) is 12.8. The minimum absolute atomic E-state index is 1.24. The molecule has 0 aromatic carbocycles. The van der Waals surface area contributed by atoms with Gasteiger partial charge < -0.3 is 8.97 Å². The van der Waals surface area contributed by atoms with Gasteiger partial charge in [-0.25, -0.2) is 0 Å². The van der Waals surface area contributed by atoms with E-state index < -0.39 is 0 Å². The fourth-order valence-corrected chi connectivity index (χ4v) is 2.88. The summed E-state index contributed by atoms with van der Waals surface area (Å²) in [6, 6.07) is 0. The van der Waals surface area contributed by atoms with Crippen molar-refractivity contribution in [3.63, 3.8) is 0 Å². The first-order valence-electron chi connectivity index (χ1n) is 7.71. The molecule has 1 aliphatic rings. The Morgan fingerprint density at radius 1 is 0.882 bits per heavy atom. The molecule has 1 saturated heterocycles. The molecule has 1 rings (SSSR count). The van der Waals surface area contributed by atoms with Crippen molar-refractivity contribution in [2.24, 2.45) is 0 Å². The van der Waals surface area contributed by atoms with E-state index in [-0.39, 0.29) is 0 Å². The van der Waals surface area contributed by atoms with Gasteiger partial charge in [0.15, 0.2) is 0 Å². The largest absolute Gasteiger partial charge is 0.322 e. The van der Waals surface area contributed by atoms with Gasteiger partial charge in [-0.1, -0.05) is 6.42 Å². The van der Waals surface area contributed by atoms with Gasteiger partial charge >= 0.3 is 0 Å². The minimum atomic E-state index is 1.24. The smallest absolute Gasteiger partial charge is 0.128 e. The number of hydrogen-bond donors (Lipinski definition) is 0. The van der Waals surface area contributed by atoms with Gasteiger partial charge in [-0.2, -0.15) is 0 Å². The van der Waals surface area contributed by atoms with Crippen molar-refractivity contribution >= 4 is 0 Å². The molecule has 0 atom stereocenters. The molecule has 1 aliphatic heterocycles. The van der Waals surface area contributed by atoms with Crippen LogP contribution in [-0.4, -0.2) is 62.3 Å². The van der Waals surface area contributed by atoms with Crippen molar-refractivity contribution in [2.45, 2.75) is 46.0 Å². The maximum absolute atomic E-state index is 2.49. The number of likely N-dealkylation sites (N-methyl/N-ethyl adjacent to an activating group) is 2. The highest BCUT2D eigenvalue weighted by Gasteiger charge is 2.27. The van der Waals surface area contributed by atoms with Crippen molar-refractivity contribution in [1.29, 1.82) is 0 Å². The molecule has 0 amide bonds. The Morgan fingerprint density at radius 3 is 1.82 bits per heavy atom. The van der Waals surface area contributed by atoms with E-state index in [4.69, 9.17) is 0 Å². The van der Waals surface area contributed by atoms with Crippen LogP contribution in [0.1, 0.15) is 46.0 Å². The average Bonchev–Trinajstić information content (AvgIpc) is 2.32. The van der Waals surface area contributed by atoms with Crippen LogP contribution in [0.15, 0.2) is 0 Å². The second-order valence-electron chi connectivity index (χ2n) is 6.53. The molecule has 0 saturated carbocycles. The number of quaternary nitrogens is 2. The molecular weight excluding hydrogens is 208 g/mol. The minimum Gasteiger partial charge on any atom is -0.322 e. The van der Waals surface area contributed by atoms with Gasteiger partial charge in [-0.15, -0.1) is 0 Å². The molecule has 17 heavy (non-hydrogen) atoms. The standard InChI is InChI=1S/C15H34N2/c1-5-16(3,6-2)14-15-17(4)12-10-8-7-9-11-13-17/h5-15H2,1-4H3/q+2. The van der Waals surface area contributed by atoms with Crippen LogP contribution in [0, 0.1) is 0 Å². The number of rotatable bonds is 5. The lowest BCUT2D eigenvalue weighted by Gasteiger charge is -2.40. The van der Waals surface area contributed by atoms with E-state index in [9.17, 15) is 0 Å². The summed E-state index contributed by atoms with van der Waals surface area (Å²) in [5, 5.41) is 0. The Kier molecular flexibility index (Phi) is 5.94. The van der Waals surface area contributed by atoms with E-state index in [2.05, 4.69) is 27.9 Å². The van der Waals surface area contributed by atoms with Crippen LogP contribution in [0.3, 0.4) is 0 Å². The predicted molar refractivity (Wildman–Crippen MR) is 76.0 cm³/mol. The SMILES string of the molecule is CC[N+](C)(CC)CC[N+]1(C)CCCCCCC1. The first-order chi connectivity index (χ1) is 8.04. The molecule has 0 aromatic rings. The van der Waals surface area contributed by atoms with Gasteiger partial charge in [-0.3, -0.25) is 0 Å². The molecule has 0 aromatic heterocycles. The molecule has 2 heteroatoms. The molecule has 2 nitrogen and oxygen atoms in total. The second kappa shape index (κ2) is 6.75. The summed E-state index contributed by atoms with van der Waals surface area (Å²) < 4.78 is 2.57. The van der Waals surface area contributed by atoms with Gasteiger partial charge in [0.25, 0.3) is 0 Å². The van der Waals surface area contributed by atoms with Crippen LogP contribution < -0.4 is 0 Å². The molecule has 0 spiro atoms. The van der Waals surface area contributed by atoms with Crippen LogP contribution in [0.4, 0.5) is 0 Å². The quantitative estimate of drug-likeness (QED) is 0.650. The zero-order valence-corrected chi connectivity index (χ0v) is 12.7. The molecule has 0 unspecified atom stereocenters. The third-order valence-electron chi connectivity index (χ3n) is 5.10. The van der Waals surface area contributed by atoms with Crippen LogP contribution >= 0.6 is 0 Å². The van der Waals surface area contributed by atoms with E-state index in [0.29, 0.717) is 0 Å². The molecular formula is C15H34N2+2. The predicted octanol–water partition coefficient (Wildman–Crippen LogP) is 2.88. The van der Waals surface area contributed by atoms with Crippen molar-refractivity contribution in [1.82, 2.24) is 0 Å². The summed E-state index contributed by atoms with van der Waals surface area (Å²) in [6.07, 6.45) is 7.28. The van der Waals surface area contributed by atoms with Crippen LogP contribution in [0.5, 0.6) is 0 Å². The summed E-state index contributed by atoms with van der Waals surface area (Å²) in [5.41, 5.74) is 0. The topological polar surface area (TPSA) is 0 Å². The Bertz CT molecular complexity index is 201. The normalized spacial score (nSPS) is 21.9. The average molecular weight is 242 g/mol. The summed E-state index contributed by atoms with van der Waals surface area (Å²) >= 11 is 0. The maximum Gasteiger partial charge on any atom is 0.128 e. The molecule has 0 radical (unpaired) electrons. The van der Waals surface area contributed by atoms with Gasteiger partial charge in [0.2, 0.25) is 0 Å². The lowest BCUT2D eigenvalue weighted by atomic mass is 10.1. The summed E-state index contributed by atoms with van der Waals surface area (Å²) in [5.74, 6) is 0. The highest BCUT2D eigenvalue weighted by Crippen LogP contribution is 2.16. The number of hydrogen-bond acceptors (Lipinski definition) is 0. The Balaban J connectivity index is 2.46. The first-order valence-corrected chi connectivity index (χ1v) is 7.71. The summed E-state index contributed by atoms with van der Waals surface area (Å²) in [7, 11) is 4.90.